The second kappa shape index (κ2) is 2.65. The lowest BCUT2D eigenvalue weighted by Gasteiger charge is -1.90. The van der Waals surface area contributed by atoms with Gasteiger partial charge >= 0.3 is 0 Å². The molecule has 48 valence electrons. The van der Waals surface area contributed by atoms with Gasteiger partial charge in [-0.2, -0.15) is 5.26 Å². The summed E-state index contributed by atoms with van der Waals surface area (Å²) in [5.74, 6) is 2.62. The lowest BCUT2D eigenvalue weighted by atomic mass is 10.6. The smallest absolute Gasteiger partial charge is 0.235 e. The van der Waals surface area contributed by atoms with E-state index in [4.69, 9.17) is 11.7 Å². The molecule has 10 heavy (non-hydrogen) atoms. The van der Waals surface area contributed by atoms with Gasteiger partial charge in [0, 0.05) is 0 Å². The Labute approximate surface area is 58.1 Å². The van der Waals surface area contributed by atoms with Crippen molar-refractivity contribution in [1.29, 1.82) is 5.26 Å². The summed E-state index contributed by atoms with van der Waals surface area (Å²) in [5.41, 5.74) is 0. The Bertz CT molecular complexity index is 298. The molecule has 0 aliphatic rings. The average Bonchev–Trinajstić information content (AvgIpc) is 2.36. The molecule has 4 nitrogen and oxygen atoms in total. The molecule has 0 aliphatic heterocycles. The molecule has 0 radical (unpaired) electrons. The fourth-order valence-corrected chi connectivity index (χ4v) is 0.556. The molecule has 0 aromatic carbocycles. The van der Waals surface area contributed by atoms with E-state index in [1.54, 1.807) is 0 Å². The standard InChI is InChI=1S/C6H4N4/c1-2-3-10-5-8-9-6(10)4-7/h1,5H,3H2. The first-order valence-corrected chi connectivity index (χ1v) is 2.60. The third-order valence-electron chi connectivity index (χ3n) is 0.977. The van der Waals surface area contributed by atoms with Gasteiger partial charge in [-0.05, 0) is 0 Å². The average molecular weight is 132 g/mol. The van der Waals surface area contributed by atoms with E-state index in [9.17, 15) is 0 Å². The topological polar surface area (TPSA) is 54.5 Å². The SMILES string of the molecule is C#CCn1cnnc1C#N. The van der Waals surface area contributed by atoms with E-state index in [1.165, 1.54) is 10.9 Å². The first-order chi connectivity index (χ1) is 4.88. The molecule has 4 heteroatoms. The number of nitriles is 1. The summed E-state index contributed by atoms with van der Waals surface area (Å²) in [4.78, 5) is 0. The predicted octanol–water partition coefficient (Wildman–Crippen LogP) is -0.217. The minimum atomic E-state index is 0.248. The third kappa shape index (κ3) is 0.958. The van der Waals surface area contributed by atoms with E-state index < -0.39 is 0 Å². The highest BCUT2D eigenvalue weighted by Gasteiger charge is 1.98. The van der Waals surface area contributed by atoms with Gasteiger partial charge in [0.05, 0.1) is 6.54 Å². The van der Waals surface area contributed by atoms with Crippen molar-refractivity contribution in [3.8, 4) is 18.4 Å². The van der Waals surface area contributed by atoms with Gasteiger partial charge in [-0.1, -0.05) is 5.92 Å². The van der Waals surface area contributed by atoms with E-state index >= 15 is 0 Å². The van der Waals surface area contributed by atoms with E-state index in [0.717, 1.165) is 0 Å². The Balaban J connectivity index is 2.96. The summed E-state index contributed by atoms with van der Waals surface area (Å²) in [6, 6.07) is 1.85. The van der Waals surface area contributed by atoms with Gasteiger partial charge in [-0.25, -0.2) is 0 Å². The quantitative estimate of drug-likeness (QED) is 0.496. The Kier molecular flexibility index (Phi) is 1.67. The number of terminal acetylenes is 1. The maximum absolute atomic E-state index is 8.39. The van der Waals surface area contributed by atoms with E-state index in [0.29, 0.717) is 6.54 Å². The molecule has 0 unspecified atom stereocenters. The molecule has 1 aromatic heterocycles. The lowest BCUT2D eigenvalue weighted by Crippen LogP contribution is -1.96. The predicted molar refractivity (Wildman–Crippen MR) is 33.6 cm³/mol. The summed E-state index contributed by atoms with van der Waals surface area (Å²) in [6.07, 6.45) is 6.44. The van der Waals surface area contributed by atoms with Crippen LogP contribution in [0.1, 0.15) is 5.82 Å². The highest BCUT2D eigenvalue weighted by atomic mass is 15.3. The minimum Gasteiger partial charge on any atom is -0.293 e. The van der Waals surface area contributed by atoms with Crippen molar-refractivity contribution >= 4 is 0 Å². The van der Waals surface area contributed by atoms with E-state index in [1.807, 2.05) is 6.07 Å². The second-order valence-electron chi connectivity index (χ2n) is 1.60. The van der Waals surface area contributed by atoms with Gasteiger partial charge in [-0.15, -0.1) is 16.6 Å². The van der Waals surface area contributed by atoms with E-state index in [-0.39, 0.29) is 5.82 Å². The molecule has 0 bridgehead atoms. The minimum absolute atomic E-state index is 0.248. The first kappa shape index (κ1) is 6.31. The second-order valence-corrected chi connectivity index (χ2v) is 1.60. The first-order valence-electron chi connectivity index (χ1n) is 2.60. The third-order valence-corrected chi connectivity index (χ3v) is 0.977. The molecular weight excluding hydrogens is 128 g/mol. The lowest BCUT2D eigenvalue weighted by molar-refractivity contribution is 0.820. The molecule has 0 saturated carbocycles. The number of nitrogens with zero attached hydrogens (tertiary/aromatic N) is 4. The molecule has 0 atom stereocenters. The van der Waals surface area contributed by atoms with Gasteiger partial charge in [-0.3, -0.25) is 4.57 Å². The van der Waals surface area contributed by atoms with Gasteiger partial charge in [0.2, 0.25) is 5.82 Å². The van der Waals surface area contributed by atoms with Gasteiger partial charge in [0.15, 0.2) is 0 Å². The van der Waals surface area contributed by atoms with Crippen LogP contribution in [0, 0.1) is 23.7 Å². The van der Waals surface area contributed by atoms with E-state index in [2.05, 4.69) is 16.1 Å². The number of aromatic nitrogens is 3. The van der Waals surface area contributed by atoms with Crippen LogP contribution >= 0.6 is 0 Å². The zero-order chi connectivity index (χ0) is 7.40. The number of hydrogen-bond acceptors (Lipinski definition) is 3. The van der Waals surface area contributed by atoms with Gasteiger partial charge in [0.25, 0.3) is 0 Å². The van der Waals surface area contributed by atoms with Crippen molar-refractivity contribution < 1.29 is 0 Å². The molecule has 1 rings (SSSR count). The van der Waals surface area contributed by atoms with Crippen molar-refractivity contribution in [3.63, 3.8) is 0 Å². The molecule has 0 aliphatic carbocycles. The largest absolute Gasteiger partial charge is 0.293 e. The molecule has 1 heterocycles. The Morgan fingerprint density at radius 3 is 3.20 bits per heavy atom. The Hall–Kier alpha value is -1.81. The molecule has 1 aromatic rings. The summed E-state index contributed by atoms with van der Waals surface area (Å²) in [5, 5.41) is 15.4. The highest BCUT2D eigenvalue weighted by molar-refractivity contribution is 5.09. The zero-order valence-corrected chi connectivity index (χ0v) is 5.15. The molecule has 0 spiro atoms. The van der Waals surface area contributed by atoms with Crippen molar-refractivity contribution in [2.24, 2.45) is 0 Å². The van der Waals surface area contributed by atoms with Crippen LogP contribution in [0.15, 0.2) is 6.33 Å². The number of hydrogen-bond donors (Lipinski definition) is 0. The van der Waals surface area contributed by atoms with Crippen LogP contribution in [0.2, 0.25) is 0 Å². The molecule has 0 amide bonds. The summed E-state index contributed by atoms with van der Waals surface area (Å²) in [7, 11) is 0. The fraction of sp³-hybridized carbons (Fsp3) is 0.167. The van der Waals surface area contributed by atoms with Crippen LogP contribution in [0.5, 0.6) is 0 Å². The van der Waals surface area contributed by atoms with Crippen LogP contribution in [0.3, 0.4) is 0 Å². The molecular formula is C6H4N4. The normalized spacial score (nSPS) is 8.20. The summed E-state index contributed by atoms with van der Waals surface area (Å²) >= 11 is 0. The summed E-state index contributed by atoms with van der Waals surface area (Å²) in [6.45, 7) is 0.343. The number of rotatable bonds is 1. The van der Waals surface area contributed by atoms with Crippen molar-refractivity contribution in [1.82, 2.24) is 14.8 Å². The summed E-state index contributed by atoms with van der Waals surface area (Å²) < 4.78 is 1.50. The van der Waals surface area contributed by atoms with Crippen LogP contribution in [-0.2, 0) is 6.54 Å². The van der Waals surface area contributed by atoms with Gasteiger partial charge < -0.3 is 0 Å². The van der Waals surface area contributed by atoms with Crippen LogP contribution in [-0.4, -0.2) is 14.8 Å². The molecule has 0 fully saturated rings. The van der Waals surface area contributed by atoms with Crippen molar-refractivity contribution in [3.05, 3.63) is 12.2 Å². The maximum Gasteiger partial charge on any atom is 0.235 e. The Morgan fingerprint density at radius 1 is 1.80 bits per heavy atom. The zero-order valence-electron chi connectivity index (χ0n) is 5.15. The fourth-order valence-electron chi connectivity index (χ4n) is 0.556. The van der Waals surface area contributed by atoms with Crippen molar-refractivity contribution in [2.75, 3.05) is 0 Å². The van der Waals surface area contributed by atoms with Crippen LogP contribution in [0.4, 0.5) is 0 Å². The van der Waals surface area contributed by atoms with Crippen LogP contribution < -0.4 is 0 Å². The van der Waals surface area contributed by atoms with Crippen LogP contribution in [0.25, 0.3) is 0 Å². The van der Waals surface area contributed by atoms with Gasteiger partial charge in [0.1, 0.15) is 12.4 Å². The molecule has 0 N–H and O–H groups in total. The maximum atomic E-state index is 8.39. The molecule has 0 saturated heterocycles. The monoisotopic (exact) mass is 132 g/mol. The Morgan fingerprint density at radius 2 is 2.60 bits per heavy atom. The highest BCUT2D eigenvalue weighted by Crippen LogP contribution is 1.89. The van der Waals surface area contributed by atoms with Crippen molar-refractivity contribution in [2.45, 2.75) is 6.54 Å².